The molecule has 0 spiro atoms. The SMILES string of the molecule is C#CN=C(Nc1nc2ccc(F)nc2s1)OC1CN2CCC1CC2. The lowest BCUT2D eigenvalue weighted by Crippen LogP contribution is -2.52. The molecule has 124 valence electrons. The first-order valence-corrected chi connectivity index (χ1v) is 8.65. The number of aromatic nitrogens is 2. The molecule has 2 aromatic rings. The highest BCUT2D eigenvalue weighted by Gasteiger charge is 2.36. The fraction of sp³-hybridized carbons (Fsp3) is 0.438. The number of ether oxygens (including phenoxy) is 1. The van der Waals surface area contributed by atoms with Crippen molar-refractivity contribution in [3.8, 4) is 12.5 Å². The highest BCUT2D eigenvalue weighted by Crippen LogP contribution is 2.30. The van der Waals surface area contributed by atoms with Crippen LogP contribution in [0, 0.1) is 24.3 Å². The number of aliphatic imine (C=N–C) groups is 1. The van der Waals surface area contributed by atoms with Crippen molar-refractivity contribution in [1.29, 1.82) is 0 Å². The number of anilines is 1. The summed E-state index contributed by atoms with van der Waals surface area (Å²) in [6.45, 7) is 3.16. The van der Waals surface area contributed by atoms with Gasteiger partial charge in [-0.15, -0.1) is 4.99 Å². The predicted octanol–water partition coefficient (Wildman–Crippen LogP) is 2.30. The quantitative estimate of drug-likeness (QED) is 0.392. The molecule has 3 fully saturated rings. The maximum atomic E-state index is 13.2. The van der Waals surface area contributed by atoms with Gasteiger partial charge in [0.05, 0.1) is 0 Å². The van der Waals surface area contributed by atoms with Crippen LogP contribution in [-0.2, 0) is 4.74 Å². The first-order valence-electron chi connectivity index (χ1n) is 7.83. The molecule has 3 aliphatic rings. The summed E-state index contributed by atoms with van der Waals surface area (Å²) in [4.78, 5) is 15.0. The van der Waals surface area contributed by atoms with Gasteiger partial charge >= 0.3 is 6.02 Å². The third-order valence-electron chi connectivity index (χ3n) is 4.46. The van der Waals surface area contributed by atoms with E-state index in [9.17, 15) is 4.39 Å². The number of terminal acetylenes is 1. The Balaban J connectivity index is 1.51. The van der Waals surface area contributed by atoms with Gasteiger partial charge in [-0.2, -0.15) is 4.39 Å². The number of nitrogens with zero attached hydrogens (tertiary/aromatic N) is 4. The van der Waals surface area contributed by atoms with Crippen LogP contribution >= 0.6 is 11.3 Å². The number of pyridine rings is 1. The highest BCUT2D eigenvalue weighted by atomic mass is 32.1. The van der Waals surface area contributed by atoms with Crippen LogP contribution in [-0.4, -0.2) is 46.6 Å². The van der Waals surface area contributed by atoms with Gasteiger partial charge in [0.15, 0.2) is 5.13 Å². The average Bonchev–Trinajstić information content (AvgIpc) is 2.97. The molecule has 1 unspecified atom stereocenters. The zero-order valence-corrected chi connectivity index (χ0v) is 13.7. The summed E-state index contributed by atoms with van der Waals surface area (Å²) in [7, 11) is 0. The molecule has 0 aromatic carbocycles. The minimum atomic E-state index is -0.529. The van der Waals surface area contributed by atoms with Crippen molar-refractivity contribution in [3.05, 3.63) is 18.1 Å². The number of fused-ring (bicyclic) bond motifs is 4. The number of hydrogen-bond acceptors (Lipinski definition) is 6. The molecule has 2 aromatic heterocycles. The standard InChI is InChI=1S/C16H16FN5OS/c1-2-18-15(23-12-9-22-7-5-10(12)6-8-22)21-16-19-11-3-4-13(17)20-14(11)24-16/h1,3-4,10,12H,5-9H2,(H,18,19,21). The van der Waals surface area contributed by atoms with Crippen molar-refractivity contribution < 1.29 is 9.13 Å². The Morgan fingerprint density at radius 3 is 2.96 bits per heavy atom. The number of halogens is 1. The molecule has 1 atom stereocenters. The van der Waals surface area contributed by atoms with Crippen molar-refractivity contribution >= 4 is 32.8 Å². The Labute approximate surface area is 142 Å². The molecule has 0 radical (unpaired) electrons. The van der Waals surface area contributed by atoms with Crippen molar-refractivity contribution in [3.63, 3.8) is 0 Å². The number of thiazole rings is 1. The predicted molar refractivity (Wildman–Crippen MR) is 91.3 cm³/mol. The minimum Gasteiger partial charge on any atom is -0.459 e. The summed E-state index contributed by atoms with van der Waals surface area (Å²) < 4.78 is 19.2. The van der Waals surface area contributed by atoms with Gasteiger partial charge in [0, 0.05) is 12.6 Å². The largest absolute Gasteiger partial charge is 0.459 e. The Kier molecular flexibility index (Phi) is 4.04. The van der Waals surface area contributed by atoms with Crippen LogP contribution in [0.25, 0.3) is 10.3 Å². The monoisotopic (exact) mass is 345 g/mol. The van der Waals surface area contributed by atoms with Crippen molar-refractivity contribution in [2.24, 2.45) is 10.9 Å². The molecule has 8 heteroatoms. The van der Waals surface area contributed by atoms with Crippen LogP contribution in [0.3, 0.4) is 0 Å². The van der Waals surface area contributed by atoms with Gasteiger partial charge in [-0.05, 0) is 44.0 Å². The van der Waals surface area contributed by atoms with Crippen LogP contribution < -0.4 is 5.32 Å². The van der Waals surface area contributed by atoms with E-state index in [2.05, 4.69) is 31.2 Å². The fourth-order valence-corrected chi connectivity index (χ4v) is 4.09. The molecule has 0 amide bonds. The maximum absolute atomic E-state index is 13.2. The molecular weight excluding hydrogens is 329 g/mol. The second-order valence-corrected chi connectivity index (χ2v) is 6.92. The van der Waals surface area contributed by atoms with Gasteiger partial charge in [-0.1, -0.05) is 17.8 Å². The number of amidine groups is 1. The van der Waals surface area contributed by atoms with Crippen LogP contribution in [0.15, 0.2) is 17.1 Å². The van der Waals surface area contributed by atoms with E-state index in [0.717, 1.165) is 32.5 Å². The van der Waals surface area contributed by atoms with Crippen molar-refractivity contribution in [1.82, 2.24) is 14.9 Å². The van der Waals surface area contributed by atoms with Crippen LogP contribution in [0.4, 0.5) is 9.52 Å². The smallest absolute Gasteiger partial charge is 0.305 e. The van der Waals surface area contributed by atoms with E-state index in [-0.39, 0.29) is 12.1 Å². The Morgan fingerprint density at radius 2 is 2.25 bits per heavy atom. The molecule has 0 aliphatic carbocycles. The summed E-state index contributed by atoms with van der Waals surface area (Å²) in [5, 5.41) is 3.53. The number of nitrogens with one attached hydrogen (secondary N) is 1. The van der Waals surface area contributed by atoms with Crippen molar-refractivity contribution in [2.75, 3.05) is 25.0 Å². The Bertz CT molecular complexity index is 821. The first-order chi connectivity index (χ1) is 11.7. The van der Waals surface area contributed by atoms with Gasteiger partial charge in [-0.3, -0.25) is 10.2 Å². The molecule has 1 N–H and O–H groups in total. The molecule has 5 rings (SSSR count). The third-order valence-corrected chi connectivity index (χ3v) is 5.34. The van der Waals surface area contributed by atoms with Gasteiger partial charge in [-0.25, -0.2) is 9.97 Å². The molecule has 6 nitrogen and oxygen atoms in total. The molecule has 3 aliphatic heterocycles. The van der Waals surface area contributed by atoms with E-state index in [1.165, 1.54) is 17.4 Å². The van der Waals surface area contributed by atoms with Crippen LogP contribution in [0.1, 0.15) is 12.8 Å². The summed E-state index contributed by atoms with van der Waals surface area (Å²) in [5.41, 5.74) is 0.617. The molecular formula is C16H16FN5OS. The van der Waals surface area contributed by atoms with E-state index in [1.54, 1.807) is 6.07 Å². The lowest BCUT2D eigenvalue weighted by atomic mass is 9.86. The lowest BCUT2D eigenvalue weighted by Gasteiger charge is -2.44. The van der Waals surface area contributed by atoms with Gasteiger partial charge in [0.25, 0.3) is 0 Å². The van der Waals surface area contributed by atoms with Gasteiger partial charge < -0.3 is 4.74 Å². The zero-order valence-electron chi connectivity index (χ0n) is 12.9. The van der Waals surface area contributed by atoms with Crippen molar-refractivity contribution in [2.45, 2.75) is 18.9 Å². The topological polar surface area (TPSA) is 62.6 Å². The lowest BCUT2D eigenvalue weighted by molar-refractivity contribution is -0.0145. The zero-order chi connectivity index (χ0) is 16.5. The normalized spacial score (nSPS) is 26.3. The average molecular weight is 345 g/mol. The number of piperidine rings is 3. The van der Waals surface area contributed by atoms with E-state index in [0.29, 0.717) is 21.4 Å². The van der Waals surface area contributed by atoms with E-state index >= 15 is 0 Å². The second kappa shape index (κ2) is 6.34. The second-order valence-electron chi connectivity index (χ2n) is 5.94. The Hall–Kier alpha value is -2.24. The number of hydrogen-bond donors (Lipinski definition) is 1. The highest BCUT2D eigenvalue weighted by molar-refractivity contribution is 7.21. The molecule has 2 bridgehead atoms. The van der Waals surface area contributed by atoms with E-state index in [1.807, 2.05) is 0 Å². The summed E-state index contributed by atoms with van der Waals surface area (Å²) in [6, 6.07) is 5.39. The molecule has 0 saturated carbocycles. The molecule has 5 heterocycles. The summed E-state index contributed by atoms with van der Waals surface area (Å²) in [6.07, 6.45) is 7.67. The van der Waals surface area contributed by atoms with E-state index < -0.39 is 5.95 Å². The van der Waals surface area contributed by atoms with Gasteiger partial charge in [0.2, 0.25) is 5.95 Å². The number of rotatable bonds is 2. The Morgan fingerprint density at radius 1 is 1.42 bits per heavy atom. The molecule has 3 saturated heterocycles. The summed E-state index contributed by atoms with van der Waals surface area (Å²) >= 11 is 1.23. The van der Waals surface area contributed by atoms with Crippen LogP contribution in [0.5, 0.6) is 0 Å². The maximum Gasteiger partial charge on any atom is 0.305 e. The summed E-state index contributed by atoms with van der Waals surface area (Å²) in [5.74, 6) is 0.00431. The van der Waals surface area contributed by atoms with Gasteiger partial charge in [0.1, 0.15) is 16.5 Å². The molecule has 24 heavy (non-hydrogen) atoms. The fourth-order valence-electron chi connectivity index (χ4n) is 3.27. The van der Waals surface area contributed by atoms with Crippen LogP contribution in [0.2, 0.25) is 0 Å². The third kappa shape index (κ3) is 3.05. The minimum absolute atomic E-state index is 0.0806. The van der Waals surface area contributed by atoms with E-state index in [4.69, 9.17) is 11.2 Å². The first kappa shape index (κ1) is 15.3.